The first kappa shape index (κ1) is 18.5. The number of esters is 1. The van der Waals surface area contributed by atoms with Gasteiger partial charge in [-0.15, -0.1) is 0 Å². The number of hydrogen-bond donors (Lipinski definition) is 2. The van der Waals surface area contributed by atoms with Crippen molar-refractivity contribution in [2.75, 3.05) is 26.6 Å². The van der Waals surface area contributed by atoms with Crippen LogP contribution in [0.5, 0.6) is 11.5 Å². The van der Waals surface area contributed by atoms with E-state index in [-0.39, 0.29) is 0 Å². The second-order valence-electron chi connectivity index (χ2n) is 5.06. The standard InChI is InChI=1S/C18H20N2O4S/c1-22-14-7-5-13(6-8-14)20-18(25)19-11-12-4-9-16(23-2)15(10-12)17(21)24-3/h4-10H,11H2,1-3H3,(H2,19,20,25). The van der Waals surface area contributed by atoms with E-state index in [1.807, 2.05) is 30.3 Å². The summed E-state index contributed by atoms with van der Waals surface area (Å²) >= 11 is 5.28. The summed E-state index contributed by atoms with van der Waals surface area (Å²) in [6, 6.07) is 12.7. The average molecular weight is 360 g/mol. The Hall–Kier alpha value is -2.80. The van der Waals surface area contributed by atoms with Gasteiger partial charge in [0.15, 0.2) is 5.11 Å². The quantitative estimate of drug-likeness (QED) is 0.606. The van der Waals surface area contributed by atoms with E-state index in [9.17, 15) is 4.79 Å². The van der Waals surface area contributed by atoms with Gasteiger partial charge in [0.2, 0.25) is 0 Å². The number of benzene rings is 2. The van der Waals surface area contributed by atoms with E-state index in [0.717, 1.165) is 17.0 Å². The molecule has 0 radical (unpaired) electrons. The van der Waals surface area contributed by atoms with Crippen molar-refractivity contribution in [1.29, 1.82) is 0 Å². The van der Waals surface area contributed by atoms with Crippen LogP contribution in [0, 0.1) is 0 Å². The molecule has 0 saturated carbocycles. The maximum Gasteiger partial charge on any atom is 0.341 e. The first-order chi connectivity index (χ1) is 12.1. The van der Waals surface area contributed by atoms with E-state index in [1.165, 1.54) is 14.2 Å². The second-order valence-corrected chi connectivity index (χ2v) is 5.47. The lowest BCUT2D eigenvalue weighted by Crippen LogP contribution is -2.27. The molecule has 2 N–H and O–H groups in total. The molecule has 2 aromatic rings. The first-order valence-electron chi connectivity index (χ1n) is 7.51. The molecule has 0 bridgehead atoms. The summed E-state index contributed by atoms with van der Waals surface area (Å²) in [5.41, 5.74) is 2.10. The van der Waals surface area contributed by atoms with Crippen LogP contribution in [0.2, 0.25) is 0 Å². The van der Waals surface area contributed by atoms with Crippen molar-refractivity contribution in [2.24, 2.45) is 0 Å². The van der Waals surface area contributed by atoms with Crippen molar-refractivity contribution >= 4 is 29.0 Å². The van der Waals surface area contributed by atoms with Gasteiger partial charge in [-0.05, 0) is 54.2 Å². The number of nitrogens with one attached hydrogen (secondary N) is 2. The molecule has 0 amide bonds. The van der Waals surface area contributed by atoms with Gasteiger partial charge >= 0.3 is 5.97 Å². The summed E-state index contributed by atoms with van der Waals surface area (Å²) in [7, 11) is 4.46. The van der Waals surface area contributed by atoms with Crippen LogP contribution in [0.1, 0.15) is 15.9 Å². The third-order valence-electron chi connectivity index (χ3n) is 3.47. The fraction of sp³-hybridized carbons (Fsp3) is 0.222. The molecule has 0 aliphatic heterocycles. The zero-order chi connectivity index (χ0) is 18.2. The van der Waals surface area contributed by atoms with Crippen LogP contribution in [0.25, 0.3) is 0 Å². The number of hydrogen-bond acceptors (Lipinski definition) is 5. The first-order valence-corrected chi connectivity index (χ1v) is 7.92. The Bertz CT molecular complexity index is 747. The fourth-order valence-corrected chi connectivity index (χ4v) is 2.36. The summed E-state index contributed by atoms with van der Waals surface area (Å²) in [6.07, 6.45) is 0. The van der Waals surface area contributed by atoms with Gasteiger partial charge in [0.1, 0.15) is 17.1 Å². The highest BCUT2D eigenvalue weighted by Gasteiger charge is 2.13. The molecule has 132 valence electrons. The van der Waals surface area contributed by atoms with Gasteiger partial charge in [0.25, 0.3) is 0 Å². The zero-order valence-electron chi connectivity index (χ0n) is 14.3. The van der Waals surface area contributed by atoms with Gasteiger partial charge in [-0.2, -0.15) is 0 Å². The SMILES string of the molecule is COC(=O)c1cc(CNC(=S)Nc2ccc(OC)cc2)ccc1OC. The zero-order valence-corrected chi connectivity index (χ0v) is 15.1. The second kappa shape index (κ2) is 8.89. The van der Waals surface area contributed by atoms with Gasteiger partial charge in [-0.25, -0.2) is 4.79 Å². The molecule has 0 aliphatic carbocycles. The van der Waals surface area contributed by atoms with E-state index in [2.05, 4.69) is 10.6 Å². The monoisotopic (exact) mass is 360 g/mol. The molecule has 25 heavy (non-hydrogen) atoms. The number of ether oxygens (including phenoxy) is 3. The molecule has 0 heterocycles. The summed E-state index contributed by atoms with van der Waals surface area (Å²) in [5, 5.41) is 6.65. The van der Waals surface area contributed by atoms with Crippen molar-refractivity contribution in [2.45, 2.75) is 6.54 Å². The third kappa shape index (κ3) is 5.09. The van der Waals surface area contributed by atoms with Crippen LogP contribution in [-0.4, -0.2) is 32.4 Å². The number of carbonyl (C=O) groups is 1. The van der Waals surface area contributed by atoms with E-state index < -0.39 is 5.97 Å². The molecule has 6 nitrogen and oxygen atoms in total. The maximum absolute atomic E-state index is 11.8. The normalized spacial score (nSPS) is 9.88. The predicted molar refractivity (Wildman–Crippen MR) is 100 cm³/mol. The van der Waals surface area contributed by atoms with Gasteiger partial charge in [-0.1, -0.05) is 6.07 Å². The van der Waals surface area contributed by atoms with Crippen LogP contribution in [-0.2, 0) is 11.3 Å². The third-order valence-corrected chi connectivity index (χ3v) is 3.72. The Morgan fingerprint density at radius 3 is 2.36 bits per heavy atom. The highest BCUT2D eigenvalue weighted by molar-refractivity contribution is 7.80. The Balaban J connectivity index is 1.97. The van der Waals surface area contributed by atoms with Crippen LogP contribution in [0.15, 0.2) is 42.5 Å². The number of anilines is 1. The molecule has 0 spiro atoms. The number of carbonyl (C=O) groups excluding carboxylic acids is 1. The van der Waals surface area contributed by atoms with E-state index in [4.69, 9.17) is 26.4 Å². The fourth-order valence-electron chi connectivity index (χ4n) is 2.17. The molecular formula is C18H20N2O4S. The lowest BCUT2D eigenvalue weighted by molar-refractivity contribution is 0.0597. The largest absolute Gasteiger partial charge is 0.497 e. The minimum Gasteiger partial charge on any atom is -0.497 e. The Morgan fingerprint density at radius 2 is 1.76 bits per heavy atom. The molecule has 2 aromatic carbocycles. The molecule has 0 saturated heterocycles. The van der Waals surface area contributed by atoms with E-state index in [1.54, 1.807) is 19.2 Å². The average Bonchev–Trinajstić information content (AvgIpc) is 2.66. The molecule has 0 atom stereocenters. The molecule has 7 heteroatoms. The topological polar surface area (TPSA) is 68.8 Å². The highest BCUT2D eigenvalue weighted by atomic mass is 32.1. The molecule has 0 aliphatic rings. The molecule has 0 aromatic heterocycles. The summed E-state index contributed by atoms with van der Waals surface area (Å²) < 4.78 is 15.1. The van der Waals surface area contributed by atoms with E-state index in [0.29, 0.717) is 23.0 Å². The summed E-state index contributed by atoms with van der Waals surface area (Å²) in [4.78, 5) is 11.8. The van der Waals surface area contributed by atoms with Crippen LogP contribution < -0.4 is 20.1 Å². The van der Waals surface area contributed by atoms with E-state index >= 15 is 0 Å². The van der Waals surface area contributed by atoms with Crippen molar-refractivity contribution in [3.8, 4) is 11.5 Å². The highest BCUT2D eigenvalue weighted by Crippen LogP contribution is 2.21. The van der Waals surface area contributed by atoms with Crippen LogP contribution in [0.3, 0.4) is 0 Å². The van der Waals surface area contributed by atoms with Crippen molar-refractivity contribution in [1.82, 2.24) is 5.32 Å². The van der Waals surface area contributed by atoms with Gasteiger partial charge in [-0.3, -0.25) is 0 Å². The van der Waals surface area contributed by atoms with Crippen LogP contribution in [0.4, 0.5) is 5.69 Å². The summed E-state index contributed by atoms with van der Waals surface area (Å²) in [5.74, 6) is 0.796. The molecular weight excluding hydrogens is 340 g/mol. The molecule has 0 fully saturated rings. The predicted octanol–water partition coefficient (Wildman–Crippen LogP) is 2.98. The van der Waals surface area contributed by atoms with Gasteiger partial charge in [0, 0.05) is 12.2 Å². The lowest BCUT2D eigenvalue weighted by Gasteiger charge is -2.13. The lowest BCUT2D eigenvalue weighted by atomic mass is 10.1. The summed E-state index contributed by atoms with van der Waals surface area (Å²) in [6.45, 7) is 0.454. The van der Waals surface area contributed by atoms with Crippen molar-refractivity contribution < 1.29 is 19.0 Å². The number of rotatable bonds is 6. The Kier molecular flexibility index (Phi) is 6.59. The Labute approximate surface area is 152 Å². The smallest absolute Gasteiger partial charge is 0.341 e. The van der Waals surface area contributed by atoms with Gasteiger partial charge in [0.05, 0.1) is 21.3 Å². The number of thiocarbonyl (C=S) groups is 1. The molecule has 2 rings (SSSR count). The minimum atomic E-state index is -0.447. The maximum atomic E-state index is 11.8. The van der Waals surface area contributed by atoms with Crippen molar-refractivity contribution in [3.05, 3.63) is 53.6 Å². The van der Waals surface area contributed by atoms with Crippen LogP contribution >= 0.6 is 12.2 Å². The molecule has 0 unspecified atom stereocenters. The number of methoxy groups -OCH3 is 3. The van der Waals surface area contributed by atoms with Crippen molar-refractivity contribution in [3.63, 3.8) is 0 Å². The minimum absolute atomic E-state index is 0.373. The Morgan fingerprint density at radius 1 is 1.04 bits per heavy atom. The van der Waals surface area contributed by atoms with Gasteiger partial charge < -0.3 is 24.8 Å².